The Balaban J connectivity index is 1.81. The largest absolute Gasteiger partial charge is 0.478 e. The smallest absolute Gasteiger partial charge is 0.337 e. The summed E-state index contributed by atoms with van der Waals surface area (Å²) in [5.41, 5.74) is 0.935. The van der Waals surface area contributed by atoms with E-state index in [4.69, 9.17) is 10.4 Å². The Morgan fingerprint density at radius 2 is 1.86 bits per heavy atom. The Morgan fingerprint density at radius 1 is 1.14 bits per heavy atom. The first kappa shape index (κ1) is 20.5. The van der Waals surface area contributed by atoms with Crippen molar-refractivity contribution < 1.29 is 29.3 Å². The molecule has 0 saturated carbocycles. The average molecular weight is 431 g/mol. The fourth-order valence-corrected chi connectivity index (χ4v) is 3.55. The summed E-state index contributed by atoms with van der Waals surface area (Å²) in [4.78, 5) is 12.0. The van der Waals surface area contributed by atoms with Crippen molar-refractivity contribution in [1.82, 2.24) is 4.98 Å². The fourth-order valence-electron chi connectivity index (χ4n) is 2.89. The first-order valence-corrected chi connectivity index (χ1v) is 10.1. The molecule has 0 aliphatic rings. The Morgan fingerprint density at radius 3 is 2.48 bits per heavy atom. The van der Waals surface area contributed by atoms with E-state index in [-0.39, 0.29) is 24.4 Å². The van der Waals surface area contributed by atoms with Gasteiger partial charge in [0.15, 0.2) is 0 Å². The van der Waals surface area contributed by atoms with Gasteiger partial charge in [-0.15, -0.1) is 0 Å². The molecule has 0 fully saturated rings. The second kappa shape index (κ2) is 6.12. The average Bonchev–Trinajstić information content (AvgIpc) is 3.02. The zero-order chi connectivity index (χ0) is 21.5. The summed E-state index contributed by atoms with van der Waals surface area (Å²) in [7, 11) is -9.98. The van der Waals surface area contributed by atoms with Crippen LogP contribution in [0.4, 0.5) is 25.1 Å². The highest BCUT2D eigenvalue weighted by Gasteiger charge is 2.65. The molecular weight excluding hydrogens is 417 g/mol. The minimum Gasteiger partial charge on any atom is -0.478 e. The highest BCUT2D eigenvalue weighted by molar-refractivity contribution is 8.45. The van der Waals surface area contributed by atoms with Crippen molar-refractivity contribution in [2.45, 2.75) is 11.3 Å². The molecule has 5 nitrogen and oxygen atoms in total. The maximum absolute atomic E-state index is 12.9. The summed E-state index contributed by atoms with van der Waals surface area (Å²) in [6.45, 7) is 0.142. The minimum absolute atomic E-state index is 0.0542. The summed E-state index contributed by atoms with van der Waals surface area (Å²) >= 11 is 0. The second-order valence-electron chi connectivity index (χ2n) is 6.34. The van der Waals surface area contributed by atoms with Crippen molar-refractivity contribution in [2.75, 3.05) is 11.9 Å². The van der Waals surface area contributed by atoms with Crippen LogP contribution in [0.25, 0.3) is 10.9 Å². The lowest BCUT2D eigenvalue weighted by Gasteiger charge is -2.40. The molecule has 0 amide bonds. The van der Waals surface area contributed by atoms with Gasteiger partial charge in [0.1, 0.15) is 4.90 Å². The Bertz CT molecular complexity index is 1170. The van der Waals surface area contributed by atoms with Crippen LogP contribution in [0.3, 0.4) is 0 Å². The van der Waals surface area contributed by atoms with Crippen LogP contribution < -0.4 is 5.32 Å². The Labute approximate surface area is 161 Å². The van der Waals surface area contributed by atoms with Gasteiger partial charge in [0.25, 0.3) is 0 Å². The summed E-state index contributed by atoms with van der Waals surface area (Å²) < 4.78 is 64.6. The number of nitriles is 1. The zero-order valence-electron chi connectivity index (χ0n) is 14.6. The lowest BCUT2D eigenvalue weighted by atomic mass is 10.1. The number of nitrogens with zero attached hydrogens (tertiary/aromatic N) is 1. The monoisotopic (exact) mass is 431 g/mol. The normalized spacial score (nSPS) is 14.1. The van der Waals surface area contributed by atoms with E-state index >= 15 is 0 Å². The lowest BCUT2D eigenvalue weighted by molar-refractivity contribution is 0.0697. The van der Waals surface area contributed by atoms with Crippen LogP contribution in [0.15, 0.2) is 47.5 Å². The Hall–Kier alpha value is -3.26. The van der Waals surface area contributed by atoms with Crippen LogP contribution in [0.2, 0.25) is 0 Å². The van der Waals surface area contributed by atoms with Gasteiger partial charge in [-0.25, -0.2) is 4.79 Å². The maximum Gasteiger partial charge on any atom is 0.337 e. The van der Waals surface area contributed by atoms with Gasteiger partial charge in [-0.2, -0.15) is 5.26 Å². The van der Waals surface area contributed by atoms with Gasteiger partial charge in [-0.1, -0.05) is 25.5 Å². The van der Waals surface area contributed by atoms with Crippen LogP contribution in [0.1, 0.15) is 21.5 Å². The van der Waals surface area contributed by atoms with Gasteiger partial charge in [0.2, 0.25) is 0 Å². The number of aromatic carboxylic acids is 1. The third-order valence-electron chi connectivity index (χ3n) is 4.27. The molecule has 2 aromatic carbocycles. The number of carbonyl (C=O) groups is 1. The minimum atomic E-state index is -9.98. The zero-order valence-corrected chi connectivity index (χ0v) is 15.4. The summed E-state index contributed by atoms with van der Waals surface area (Å²) in [5.74, 6) is -1.76. The van der Waals surface area contributed by atoms with Crippen molar-refractivity contribution >= 4 is 32.8 Å². The maximum atomic E-state index is 12.9. The molecule has 0 unspecified atom stereocenters. The molecule has 0 aliphatic carbocycles. The molecule has 3 aromatic rings. The molecule has 0 aliphatic heterocycles. The van der Waals surface area contributed by atoms with E-state index in [0.717, 1.165) is 16.5 Å². The molecule has 0 spiro atoms. The van der Waals surface area contributed by atoms with E-state index in [0.29, 0.717) is 18.1 Å². The SMILES string of the molecule is N#Cc1ccc2c(CCNc3ccc(S(F)(F)(F)(F)F)cc3C(=O)O)c[nH]c2c1. The first-order valence-electron chi connectivity index (χ1n) is 8.14. The number of aromatic nitrogens is 1. The van der Waals surface area contributed by atoms with Crippen molar-refractivity contribution in [2.24, 2.45) is 0 Å². The van der Waals surface area contributed by atoms with Crippen molar-refractivity contribution in [3.05, 3.63) is 59.3 Å². The standard InChI is InChI=1S/C18H14F5N3O2S/c19-29(20,21,22,23)13-2-4-16(15(8-13)18(27)28)25-6-5-12-10-26-17-7-11(9-24)1-3-14(12)17/h1-4,7-8,10,25-26H,5-6H2,(H,27,28). The van der Waals surface area contributed by atoms with Crippen LogP contribution in [-0.2, 0) is 6.42 Å². The van der Waals surface area contributed by atoms with E-state index < -0.39 is 26.7 Å². The molecule has 11 heteroatoms. The topological polar surface area (TPSA) is 88.9 Å². The number of aromatic amines is 1. The number of nitrogens with one attached hydrogen (secondary N) is 2. The molecule has 0 bridgehead atoms. The van der Waals surface area contributed by atoms with E-state index in [1.807, 2.05) is 6.07 Å². The number of hydrogen-bond donors (Lipinski definition) is 3. The van der Waals surface area contributed by atoms with Crippen LogP contribution in [-0.4, -0.2) is 22.6 Å². The summed E-state index contributed by atoms with van der Waals surface area (Å²) in [5, 5.41) is 21.5. The van der Waals surface area contributed by atoms with E-state index in [2.05, 4.69) is 10.3 Å². The molecule has 3 rings (SSSR count). The number of benzene rings is 2. The van der Waals surface area contributed by atoms with E-state index in [1.165, 1.54) is 0 Å². The predicted molar refractivity (Wildman–Crippen MR) is 100 cm³/mol. The molecule has 0 atom stereocenters. The van der Waals surface area contributed by atoms with Gasteiger partial charge in [0, 0.05) is 29.3 Å². The molecule has 1 aromatic heterocycles. The Kier molecular flexibility index (Phi) is 4.32. The second-order valence-corrected chi connectivity index (χ2v) is 8.75. The highest BCUT2D eigenvalue weighted by atomic mass is 32.5. The van der Waals surface area contributed by atoms with Crippen LogP contribution >= 0.6 is 10.2 Å². The van der Waals surface area contributed by atoms with Gasteiger partial charge in [0.05, 0.1) is 17.2 Å². The number of carboxylic acid groups (broad SMARTS) is 1. The summed E-state index contributed by atoms with van der Waals surface area (Å²) in [6, 6.07) is 7.85. The van der Waals surface area contributed by atoms with E-state index in [1.54, 1.807) is 24.4 Å². The van der Waals surface area contributed by atoms with Crippen LogP contribution in [0.5, 0.6) is 0 Å². The van der Waals surface area contributed by atoms with Gasteiger partial charge < -0.3 is 15.4 Å². The van der Waals surface area contributed by atoms with Crippen molar-refractivity contribution in [1.29, 1.82) is 5.26 Å². The predicted octanol–water partition coefficient (Wildman–Crippen LogP) is 6.05. The highest BCUT2D eigenvalue weighted by Crippen LogP contribution is 3.02. The molecule has 0 radical (unpaired) electrons. The number of anilines is 1. The quantitative estimate of drug-likeness (QED) is 0.415. The summed E-state index contributed by atoms with van der Waals surface area (Å²) in [6.07, 6.45) is 2.07. The lowest BCUT2D eigenvalue weighted by Crippen LogP contribution is -2.12. The molecule has 154 valence electrons. The molecule has 0 saturated heterocycles. The number of hydrogen-bond acceptors (Lipinski definition) is 3. The van der Waals surface area contributed by atoms with Crippen molar-refractivity contribution in [3.8, 4) is 6.07 Å². The van der Waals surface area contributed by atoms with Gasteiger partial charge >= 0.3 is 16.2 Å². The first-order chi connectivity index (χ1) is 13.3. The number of fused-ring (bicyclic) bond motifs is 1. The number of carboxylic acids is 1. The van der Waals surface area contributed by atoms with Gasteiger partial charge in [-0.05, 0) is 42.3 Å². The number of H-pyrrole nitrogens is 1. The van der Waals surface area contributed by atoms with Crippen LogP contribution in [0, 0.1) is 11.3 Å². The van der Waals surface area contributed by atoms with E-state index in [9.17, 15) is 24.2 Å². The molecule has 1 heterocycles. The third kappa shape index (κ3) is 4.43. The van der Waals surface area contributed by atoms with Crippen molar-refractivity contribution in [3.63, 3.8) is 0 Å². The molecule has 29 heavy (non-hydrogen) atoms. The third-order valence-corrected chi connectivity index (χ3v) is 5.42. The number of rotatable bonds is 6. The molecule has 3 N–H and O–H groups in total. The van der Waals surface area contributed by atoms with Gasteiger partial charge in [-0.3, -0.25) is 0 Å². The fraction of sp³-hybridized carbons (Fsp3) is 0.111. The number of halogens is 5. The molecular formula is C18H14F5N3O2S.